The van der Waals surface area contributed by atoms with Gasteiger partial charge in [0.05, 0.1) is 5.54 Å². The molecule has 2 aliphatic carbocycles. The fourth-order valence-electron chi connectivity index (χ4n) is 4.61. The Morgan fingerprint density at radius 2 is 1.74 bits per heavy atom. The van der Waals surface area contributed by atoms with E-state index in [9.17, 15) is 9.59 Å². The van der Waals surface area contributed by atoms with Gasteiger partial charge < -0.3 is 19.7 Å². The van der Waals surface area contributed by atoms with Crippen LogP contribution in [0.2, 0.25) is 0 Å². The second-order valence-electron chi connectivity index (χ2n) is 11.2. The lowest BCUT2D eigenvalue weighted by atomic mass is 10.1. The van der Waals surface area contributed by atoms with Crippen LogP contribution in [0.25, 0.3) is 0 Å². The van der Waals surface area contributed by atoms with Crippen LogP contribution in [0.15, 0.2) is 18.2 Å². The minimum atomic E-state index is -0.499. The second kappa shape index (κ2) is 7.72. The van der Waals surface area contributed by atoms with Crippen molar-refractivity contribution in [3.05, 3.63) is 29.3 Å². The molecule has 0 radical (unpaired) electrons. The van der Waals surface area contributed by atoms with E-state index in [2.05, 4.69) is 30.4 Å². The van der Waals surface area contributed by atoms with E-state index in [-0.39, 0.29) is 29.8 Å². The highest BCUT2D eigenvalue weighted by Gasteiger charge is 2.61. The second-order valence-corrected chi connectivity index (χ2v) is 11.2. The van der Waals surface area contributed by atoms with Crippen LogP contribution >= 0.6 is 0 Å². The predicted molar refractivity (Wildman–Crippen MR) is 119 cm³/mol. The molecule has 4 rings (SSSR count). The fourth-order valence-corrected chi connectivity index (χ4v) is 4.61. The van der Waals surface area contributed by atoms with Crippen molar-refractivity contribution in [1.29, 1.82) is 0 Å². The summed E-state index contributed by atoms with van der Waals surface area (Å²) in [4.78, 5) is 26.8. The number of piperidine rings is 1. The third-order valence-electron chi connectivity index (χ3n) is 6.45. The third kappa shape index (κ3) is 5.16. The van der Waals surface area contributed by atoms with Crippen LogP contribution in [0.4, 0.5) is 4.79 Å². The van der Waals surface area contributed by atoms with Gasteiger partial charge in [-0.3, -0.25) is 4.79 Å². The lowest BCUT2D eigenvalue weighted by Crippen LogP contribution is -2.49. The summed E-state index contributed by atoms with van der Waals surface area (Å²) in [5.41, 5.74) is 1.57. The molecule has 6 nitrogen and oxygen atoms in total. The van der Waals surface area contributed by atoms with Gasteiger partial charge in [-0.05, 0) is 89.3 Å². The van der Waals surface area contributed by atoms with Crippen molar-refractivity contribution >= 4 is 12.0 Å². The van der Waals surface area contributed by atoms with E-state index in [4.69, 9.17) is 9.47 Å². The molecule has 1 aromatic carbocycles. The standard InChI is InChI=1S/C25H36N2O4/c1-15-11-17(16-7-8-16)9-10-20(15)30-14-25(5,6)26-22(28)21-18-12-27(13-19(18)21)23(29)31-24(2,3)4/h9-11,16,18-19,21H,7-8,12-14H2,1-6H3,(H,26,28)/t18-,19+,21+. The first-order valence-electron chi connectivity index (χ1n) is 11.5. The molecule has 2 amide bonds. The quantitative estimate of drug-likeness (QED) is 0.735. The Morgan fingerprint density at radius 1 is 1.10 bits per heavy atom. The van der Waals surface area contributed by atoms with E-state index < -0.39 is 11.1 Å². The summed E-state index contributed by atoms with van der Waals surface area (Å²) < 4.78 is 11.5. The molecule has 3 atom stereocenters. The Labute approximate surface area is 185 Å². The number of nitrogens with zero attached hydrogens (tertiary/aromatic N) is 1. The molecule has 0 spiro atoms. The van der Waals surface area contributed by atoms with E-state index in [1.54, 1.807) is 4.90 Å². The van der Waals surface area contributed by atoms with Gasteiger partial charge in [0.15, 0.2) is 0 Å². The zero-order valence-corrected chi connectivity index (χ0v) is 19.7. The SMILES string of the molecule is Cc1cc(C2CC2)ccc1OCC(C)(C)NC(=O)[C@H]1[C@@H]2CN(C(=O)OC(C)(C)C)C[C@@H]21. The monoisotopic (exact) mass is 428 g/mol. The molecule has 1 N–H and O–H groups in total. The van der Waals surface area contributed by atoms with Crippen molar-refractivity contribution in [2.75, 3.05) is 19.7 Å². The van der Waals surface area contributed by atoms with E-state index >= 15 is 0 Å². The lowest BCUT2D eigenvalue weighted by molar-refractivity contribution is -0.125. The smallest absolute Gasteiger partial charge is 0.410 e. The van der Waals surface area contributed by atoms with Crippen molar-refractivity contribution in [2.24, 2.45) is 17.8 Å². The number of carbonyl (C=O) groups excluding carboxylic acids is 2. The molecule has 0 bridgehead atoms. The number of fused-ring (bicyclic) bond motifs is 1. The highest BCUT2D eigenvalue weighted by molar-refractivity contribution is 5.84. The van der Waals surface area contributed by atoms with Gasteiger partial charge in [0, 0.05) is 19.0 Å². The fraction of sp³-hybridized carbons (Fsp3) is 0.680. The van der Waals surface area contributed by atoms with Crippen LogP contribution in [0.1, 0.15) is 64.5 Å². The summed E-state index contributed by atoms with van der Waals surface area (Å²) in [6.45, 7) is 13.3. The molecular weight excluding hydrogens is 392 g/mol. The Hall–Kier alpha value is -2.24. The number of hydrogen-bond donors (Lipinski definition) is 1. The summed E-state index contributed by atoms with van der Waals surface area (Å²) in [5, 5.41) is 3.16. The Bertz CT molecular complexity index is 857. The number of carbonyl (C=O) groups is 2. The van der Waals surface area contributed by atoms with Gasteiger partial charge in [-0.25, -0.2) is 4.79 Å². The summed E-state index contributed by atoms with van der Waals surface area (Å²) in [6, 6.07) is 6.44. The van der Waals surface area contributed by atoms with Gasteiger partial charge in [-0.2, -0.15) is 0 Å². The molecule has 170 valence electrons. The Balaban J connectivity index is 1.24. The van der Waals surface area contributed by atoms with Gasteiger partial charge >= 0.3 is 6.09 Å². The van der Waals surface area contributed by atoms with Crippen LogP contribution in [-0.2, 0) is 9.53 Å². The first-order chi connectivity index (χ1) is 14.4. The molecule has 0 unspecified atom stereocenters. The highest BCUT2D eigenvalue weighted by atomic mass is 16.6. The molecule has 1 aromatic rings. The number of benzene rings is 1. The molecule has 1 saturated heterocycles. The highest BCUT2D eigenvalue weighted by Crippen LogP contribution is 2.52. The normalized spacial score (nSPS) is 25.1. The van der Waals surface area contributed by atoms with Gasteiger partial charge in [0.25, 0.3) is 0 Å². The lowest BCUT2D eigenvalue weighted by Gasteiger charge is -2.28. The van der Waals surface area contributed by atoms with Gasteiger partial charge in [0.2, 0.25) is 5.91 Å². The first-order valence-corrected chi connectivity index (χ1v) is 11.5. The van der Waals surface area contributed by atoms with Gasteiger partial charge in [0.1, 0.15) is 18.0 Å². The summed E-state index contributed by atoms with van der Waals surface area (Å²) in [5.74, 6) is 2.13. The third-order valence-corrected chi connectivity index (χ3v) is 6.45. The Kier molecular flexibility index (Phi) is 5.47. The minimum absolute atomic E-state index is 0.0162. The topological polar surface area (TPSA) is 67.9 Å². The zero-order valence-electron chi connectivity index (χ0n) is 19.7. The molecule has 2 saturated carbocycles. The van der Waals surface area contributed by atoms with Gasteiger partial charge in [-0.15, -0.1) is 0 Å². The maximum atomic E-state index is 12.8. The van der Waals surface area contributed by atoms with Crippen molar-refractivity contribution < 1.29 is 19.1 Å². The van der Waals surface area contributed by atoms with Crippen LogP contribution in [0.3, 0.4) is 0 Å². The van der Waals surface area contributed by atoms with E-state index in [0.29, 0.717) is 19.7 Å². The van der Waals surface area contributed by atoms with E-state index in [1.165, 1.54) is 18.4 Å². The summed E-state index contributed by atoms with van der Waals surface area (Å²) in [6.07, 6.45) is 2.30. The molecule has 1 heterocycles. The molecule has 3 fully saturated rings. The maximum absolute atomic E-state index is 12.8. The van der Waals surface area contributed by atoms with Crippen LogP contribution < -0.4 is 10.1 Å². The van der Waals surface area contributed by atoms with Crippen LogP contribution in [0, 0.1) is 24.7 Å². The van der Waals surface area contributed by atoms with Crippen molar-refractivity contribution in [2.45, 2.75) is 71.4 Å². The molecule has 1 aliphatic heterocycles. The van der Waals surface area contributed by atoms with Crippen molar-refractivity contribution in [1.82, 2.24) is 10.2 Å². The van der Waals surface area contributed by atoms with Crippen molar-refractivity contribution in [3.63, 3.8) is 0 Å². The van der Waals surface area contributed by atoms with Gasteiger partial charge in [-0.1, -0.05) is 12.1 Å². The average molecular weight is 429 g/mol. The van der Waals surface area contributed by atoms with Crippen LogP contribution in [0.5, 0.6) is 5.75 Å². The van der Waals surface area contributed by atoms with E-state index in [0.717, 1.165) is 17.2 Å². The van der Waals surface area contributed by atoms with Crippen molar-refractivity contribution in [3.8, 4) is 5.75 Å². The number of rotatable bonds is 6. The largest absolute Gasteiger partial charge is 0.491 e. The Morgan fingerprint density at radius 3 is 2.29 bits per heavy atom. The maximum Gasteiger partial charge on any atom is 0.410 e. The minimum Gasteiger partial charge on any atom is -0.491 e. The van der Waals surface area contributed by atoms with E-state index in [1.807, 2.05) is 34.6 Å². The average Bonchev–Trinajstić information content (AvgIpc) is 3.56. The number of ether oxygens (including phenoxy) is 2. The number of hydrogen-bond acceptors (Lipinski definition) is 4. The molecule has 0 aromatic heterocycles. The summed E-state index contributed by atoms with van der Waals surface area (Å²) in [7, 11) is 0. The summed E-state index contributed by atoms with van der Waals surface area (Å²) >= 11 is 0. The van der Waals surface area contributed by atoms with Crippen LogP contribution in [-0.4, -0.2) is 47.7 Å². The molecule has 3 aliphatic rings. The number of aryl methyl sites for hydroxylation is 1. The molecule has 31 heavy (non-hydrogen) atoms. The number of amides is 2. The number of likely N-dealkylation sites (tertiary alicyclic amines) is 1. The number of nitrogens with one attached hydrogen (secondary N) is 1. The predicted octanol–water partition coefficient (Wildman–Crippen LogP) is 4.26. The first kappa shape index (κ1) is 22.0. The molecule has 6 heteroatoms. The molecular formula is C25H36N2O4. The zero-order chi connectivity index (χ0) is 22.6.